The first-order valence-corrected chi connectivity index (χ1v) is 10.8. The van der Waals surface area contributed by atoms with Gasteiger partial charge in [0.1, 0.15) is 4.90 Å². The Morgan fingerprint density at radius 3 is 2.52 bits per heavy atom. The van der Waals surface area contributed by atoms with Gasteiger partial charge in [0.05, 0.1) is 0 Å². The van der Waals surface area contributed by atoms with E-state index in [9.17, 15) is 13.0 Å². The average Bonchev–Trinajstić information content (AvgIpc) is 2.55. The van der Waals surface area contributed by atoms with Crippen molar-refractivity contribution in [3.63, 3.8) is 0 Å². The van der Waals surface area contributed by atoms with Crippen molar-refractivity contribution < 1.29 is 13.0 Å². The van der Waals surface area contributed by atoms with Crippen LogP contribution in [0.4, 0.5) is 5.69 Å². The number of hydrogen-bond donors (Lipinski definition) is 2. The van der Waals surface area contributed by atoms with E-state index in [4.69, 9.17) is 0 Å². The summed E-state index contributed by atoms with van der Waals surface area (Å²) in [6, 6.07) is 4.02. The summed E-state index contributed by atoms with van der Waals surface area (Å²) in [7, 11) is -4.23. The lowest BCUT2D eigenvalue weighted by atomic mass is 9.86. The highest BCUT2D eigenvalue weighted by Crippen LogP contribution is 2.34. The third-order valence-electron chi connectivity index (χ3n) is 4.99. The van der Waals surface area contributed by atoms with Gasteiger partial charge >= 0.3 is 0 Å². The molecular weight excluding hydrogens is 334 g/mol. The minimum atomic E-state index is -4.23. The molecule has 0 aliphatic heterocycles. The molecule has 5 heteroatoms. The zero-order valence-electron chi connectivity index (χ0n) is 15.8. The zero-order chi connectivity index (χ0) is 18.6. The van der Waals surface area contributed by atoms with Crippen molar-refractivity contribution >= 4 is 21.9 Å². The van der Waals surface area contributed by atoms with Crippen LogP contribution in [-0.4, -0.2) is 19.0 Å². The van der Waals surface area contributed by atoms with E-state index in [1.807, 2.05) is 32.9 Å². The Kier molecular flexibility index (Phi) is 6.69. The number of aryl methyl sites for hydroxylation is 1. The van der Waals surface area contributed by atoms with Crippen molar-refractivity contribution in [3.8, 4) is 0 Å². The van der Waals surface area contributed by atoms with Crippen molar-refractivity contribution in [1.29, 1.82) is 0 Å². The second-order valence-electron chi connectivity index (χ2n) is 7.13. The molecule has 3 rings (SSSR count). The predicted octanol–water partition coefficient (Wildman–Crippen LogP) is 5.30. The van der Waals surface area contributed by atoms with Crippen LogP contribution in [0.5, 0.6) is 0 Å². The largest absolute Gasteiger partial charge is 0.382 e. The summed E-state index contributed by atoms with van der Waals surface area (Å²) in [6.07, 6.45) is 8.32. The van der Waals surface area contributed by atoms with Gasteiger partial charge in [-0.3, -0.25) is 4.55 Å². The van der Waals surface area contributed by atoms with E-state index in [0.717, 1.165) is 42.5 Å². The Bertz CT molecular complexity index is 738. The Balaban J connectivity index is 0.00000109. The second kappa shape index (κ2) is 8.37. The minimum absolute atomic E-state index is 0.0282. The maximum absolute atomic E-state index is 11.8. The molecule has 2 N–H and O–H groups in total. The van der Waals surface area contributed by atoms with E-state index in [1.54, 1.807) is 6.07 Å². The van der Waals surface area contributed by atoms with Gasteiger partial charge in [-0.25, -0.2) is 0 Å². The van der Waals surface area contributed by atoms with Crippen molar-refractivity contribution in [2.45, 2.75) is 77.2 Å². The lowest BCUT2D eigenvalue weighted by molar-refractivity contribution is 0.358. The highest BCUT2D eigenvalue weighted by Gasteiger charge is 2.23. The monoisotopic (exact) mass is 365 g/mol. The zero-order valence-corrected chi connectivity index (χ0v) is 16.6. The number of nitrogens with one attached hydrogen (secondary N) is 1. The molecule has 1 fully saturated rings. The van der Waals surface area contributed by atoms with E-state index in [-0.39, 0.29) is 4.90 Å². The van der Waals surface area contributed by atoms with Gasteiger partial charge in [-0.2, -0.15) is 8.42 Å². The summed E-state index contributed by atoms with van der Waals surface area (Å²) in [5.41, 5.74) is 3.60. The smallest absolute Gasteiger partial charge is 0.295 e. The summed E-state index contributed by atoms with van der Waals surface area (Å²) >= 11 is 0. The number of allylic oxidation sites excluding steroid dienone is 1. The highest BCUT2D eigenvalue weighted by atomic mass is 32.2. The van der Waals surface area contributed by atoms with Crippen LogP contribution >= 0.6 is 0 Å². The van der Waals surface area contributed by atoms with E-state index >= 15 is 0 Å². The molecule has 0 bridgehead atoms. The highest BCUT2D eigenvalue weighted by molar-refractivity contribution is 7.86. The molecule has 0 heterocycles. The Morgan fingerprint density at radius 2 is 1.88 bits per heavy atom. The molecule has 0 spiro atoms. The van der Waals surface area contributed by atoms with Crippen molar-refractivity contribution in [2.75, 3.05) is 5.32 Å². The van der Waals surface area contributed by atoms with Gasteiger partial charge < -0.3 is 5.32 Å². The fraction of sp³-hybridized carbons (Fsp3) is 0.600. The van der Waals surface area contributed by atoms with Gasteiger partial charge in [-0.1, -0.05) is 45.3 Å². The van der Waals surface area contributed by atoms with Crippen LogP contribution in [0.1, 0.15) is 70.9 Å². The van der Waals surface area contributed by atoms with Crippen LogP contribution in [0, 0.1) is 5.92 Å². The molecule has 25 heavy (non-hydrogen) atoms. The summed E-state index contributed by atoms with van der Waals surface area (Å²) in [5, 5.41) is 3.49. The minimum Gasteiger partial charge on any atom is -0.382 e. The standard InChI is InChI=1S/C18H25NO3S.C2H6/c1-12-4-3-5-15(8-12)19-16-10-14-7-6-13(2)9-17(14)18(11-16)23(20,21)22;1-2/h9-12,15,19H,3-8H2,1-2H3,(H,20,21,22);1-2H3. The average molecular weight is 366 g/mol. The van der Waals surface area contributed by atoms with Crippen LogP contribution in [0.25, 0.3) is 6.08 Å². The third kappa shape index (κ3) is 5.08. The molecular formula is C20H31NO3S. The molecule has 1 saturated carbocycles. The van der Waals surface area contributed by atoms with Crippen molar-refractivity contribution in [1.82, 2.24) is 0 Å². The van der Waals surface area contributed by atoms with Crippen LogP contribution < -0.4 is 5.32 Å². The van der Waals surface area contributed by atoms with Crippen LogP contribution in [0.2, 0.25) is 0 Å². The molecule has 0 aromatic heterocycles. The number of rotatable bonds is 3. The maximum Gasteiger partial charge on any atom is 0.295 e. The molecule has 2 unspecified atom stereocenters. The van der Waals surface area contributed by atoms with E-state index < -0.39 is 10.1 Å². The molecule has 2 aliphatic rings. The Morgan fingerprint density at radius 1 is 1.16 bits per heavy atom. The molecule has 140 valence electrons. The first-order valence-electron chi connectivity index (χ1n) is 9.41. The maximum atomic E-state index is 11.8. The molecule has 4 nitrogen and oxygen atoms in total. The van der Waals surface area contributed by atoms with Crippen LogP contribution in [0.15, 0.2) is 22.6 Å². The van der Waals surface area contributed by atoms with Crippen LogP contribution in [0.3, 0.4) is 0 Å². The predicted molar refractivity (Wildman–Crippen MR) is 105 cm³/mol. The van der Waals surface area contributed by atoms with Crippen molar-refractivity contribution in [3.05, 3.63) is 28.8 Å². The first-order chi connectivity index (χ1) is 11.8. The van der Waals surface area contributed by atoms with Gasteiger partial charge in [-0.05, 0) is 61.8 Å². The van der Waals surface area contributed by atoms with E-state index in [0.29, 0.717) is 17.5 Å². The van der Waals surface area contributed by atoms with Gasteiger partial charge in [0.15, 0.2) is 0 Å². The fourth-order valence-electron chi connectivity index (χ4n) is 3.80. The molecule has 1 aromatic rings. The fourth-order valence-corrected chi connectivity index (χ4v) is 4.55. The second-order valence-corrected chi connectivity index (χ2v) is 8.52. The number of anilines is 1. The van der Waals surface area contributed by atoms with E-state index in [2.05, 4.69) is 12.2 Å². The molecule has 0 amide bonds. The number of benzene rings is 1. The summed E-state index contributed by atoms with van der Waals surface area (Å²) in [6.45, 7) is 8.25. The summed E-state index contributed by atoms with van der Waals surface area (Å²) in [4.78, 5) is 0.0282. The first kappa shape index (κ1) is 20.0. The third-order valence-corrected chi connectivity index (χ3v) is 5.89. The van der Waals surface area contributed by atoms with E-state index in [1.165, 1.54) is 12.8 Å². The van der Waals surface area contributed by atoms with Gasteiger partial charge in [0.25, 0.3) is 10.1 Å². The lowest BCUT2D eigenvalue weighted by Gasteiger charge is -2.29. The SMILES string of the molecule is CC.CC1=Cc2c(cc(NC3CCCC(C)C3)cc2S(=O)(=O)O)CC1. The van der Waals surface area contributed by atoms with Gasteiger partial charge in [0.2, 0.25) is 0 Å². The summed E-state index contributed by atoms with van der Waals surface area (Å²) in [5.74, 6) is 0.700. The molecule has 0 radical (unpaired) electrons. The summed E-state index contributed by atoms with van der Waals surface area (Å²) < 4.78 is 33.2. The number of hydrogen-bond acceptors (Lipinski definition) is 3. The van der Waals surface area contributed by atoms with Gasteiger partial charge in [0, 0.05) is 11.7 Å². The Hall–Kier alpha value is -1.33. The van der Waals surface area contributed by atoms with Crippen molar-refractivity contribution in [2.24, 2.45) is 5.92 Å². The van der Waals surface area contributed by atoms with Crippen LogP contribution in [-0.2, 0) is 16.5 Å². The lowest BCUT2D eigenvalue weighted by Crippen LogP contribution is -2.26. The van der Waals surface area contributed by atoms with Gasteiger partial charge in [-0.15, -0.1) is 0 Å². The molecule has 2 atom stereocenters. The Labute approximate surface area is 152 Å². The quantitative estimate of drug-likeness (QED) is 0.713. The molecule has 1 aromatic carbocycles. The normalized spacial score (nSPS) is 23.0. The molecule has 0 saturated heterocycles. The topological polar surface area (TPSA) is 66.4 Å². The molecule has 2 aliphatic carbocycles. The number of fused-ring (bicyclic) bond motifs is 1.